The Hall–Kier alpha value is -1.76. The summed E-state index contributed by atoms with van der Waals surface area (Å²) in [6.07, 6.45) is 4.15. The van der Waals surface area contributed by atoms with E-state index in [1.165, 1.54) is 0 Å². The second kappa shape index (κ2) is 6.16. The number of pyridine rings is 1. The molecule has 0 bridgehead atoms. The molecule has 1 aliphatic heterocycles. The molecule has 3 rings (SSSR count). The number of nitrogens with zero attached hydrogens (tertiary/aromatic N) is 2. The van der Waals surface area contributed by atoms with E-state index in [-0.39, 0.29) is 0 Å². The lowest BCUT2D eigenvalue weighted by atomic mass is 10.0. The molecule has 1 aliphatic rings. The number of anilines is 2. The zero-order valence-electron chi connectivity index (χ0n) is 12.8. The fourth-order valence-corrected chi connectivity index (χ4v) is 4.14. The third-order valence-electron chi connectivity index (χ3n) is 3.78. The number of nitrogens with one attached hydrogen (secondary N) is 1. The van der Waals surface area contributed by atoms with Gasteiger partial charge in [-0.25, -0.2) is 0 Å². The van der Waals surface area contributed by atoms with Gasteiger partial charge in [-0.2, -0.15) is 0 Å². The van der Waals surface area contributed by atoms with Gasteiger partial charge in [0, 0.05) is 66.0 Å². The van der Waals surface area contributed by atoms with Crippen LogP contribution in [0, 0.1) is 0 Å². The fourth-order valence-electron chi connectivity index (χ4n) is 2.62. The monoisotopic (exact) mass is 316 g/mol. The van der Waals surface area contributed by atoms with E-state index in [9.17, 15) is 4.55 Å². The molecular weight excluding hydrogens is 296 g/mol. The van der Waals surface area contributed by atoms with Crippen molar-refractivity contribution in [2.75, 3.05) is 38.2 Å². The van der Waals surface area contributed by atoms with Gasteiger partial charge in [0.2, 0.25) is 0 Å². The normalized spacial score (nSPS) is 16.3. The minimum Gasteiger partial charge on any atom is -0.606 e. The lowest BCUT2D eigenvalue weighted by molar-refractivity contribution is 0.425. The van der Waals surface area contributed by atoms with Crippen LogP contribution in [-0.4, -0.2) is 41.6 Å². The molecule has 0 saturated carbocycles. The second-order valence-electron chi connectivity index (χ2n) is 5.67. The maximum absolute atomic E-state index is 13.0. The Bertz CT molecular complexity index is 690. The highest BCUT2D eigenvalue weighted by atomic mass is 32.2. The number of nitrogens with two attached hydrogens (primary N) is 1. The van der Waals surface area contributed by atoms with Crippen LogP contribution in [0.15, 0.2) is 40.4 Å². The predicted octanol–water partition coefficient (Wildman–Crippen LogP) is 1.71. The van der Waals surface area contributed by atoms with Gasteiger partial charge in [0.05, 0.1) is 5.69 Å². The van der Waals surface area contributed by atoms with Gasteiger partial charge >= 0.3 is 0 Å². The first-order valence-corrected chi connectivity index (χ1v) is 8.37. The van der Waals surface area contributed by atoms with Gasteiger partial charge in [-0.05, 0) is 26.2 Å². The Morgan fingerprint density at radius 3 is 2.95 bits per heavy atom. The first kappa shape index (κ1) is 15.1. The number of hydrogen-bond donors (Lipinski definition) is 2. The Morgan fingerprint density at radius 2 is 2.18 bits per heavy atom. The second-order valence-corrected chi connectivity index (χ2v) is 7.05. The van der Waals surface area contributed by atoms with E-state index in [0.29, 0.717) is 12.1 Å². The summed E-state index contributed by atoms with van der Waals surface area (Å²) in [5, 5.41) is 3.39. The predicted molar refractivity (Wildman–Crippen MR) is 89.6 cm³/mol. The average Bonchev–Trinajstić information content (AvgIpc) is 2.50. The molecule has 1 aromatic carbocycles. The van der Waals surface area contributed by atoms with E-state index >= 15 is 0 Å². The topological polar surface area (TPSA) is 77.2 Å². The molecule has 0 aliphatic carbocycles. The third-order valence-corrected chi connectivity index (χ3v) is 5.42. The van der Waals surface area contributed by atoms with Gasteiger partial charge in [0.1, 0.15) is 0 Å². The average molecular weight is 316 g/mol. The summed E-state index contributed by atoms with van der Waals surface area (Å²) < 4.78 is 13.0. The van der Waals surface area contributed by atoms with E-state index in [1.807, 2.05) is 32.3 Å². The molecule has 0 fully saturated rings. The van der Waals surface area contributed by atoms with E-state index in [4.69, 9.17) is 5.73 Å². The van der Waals surface area contributed by atoms with Crippen LogP contribution in [-0.2, 0) is 17.6 Å². The molecule has 116 valence electrons. The summed E-state index contributed by atoms with van der Waals surface area (Å²) in [5.74, 6) is 0. The number of benzene rings is 1. The number of nitrogen functional groups attached to an aromatic ring is 1. The van der Waals surface area contributed by atoms with E-state index in [1.54, 1.807) is 12.4 Å². The molecule has 3 N–H and O–H groups in total. The van der Waals surface area contributed by atoms with Crippen molar-refractivity contribution in [1.29, 1.82) is 0 Å². The van der Waals surface area contributed by atoms with Crippen molar-refractivity contribution in [3.63, 3.8) is 0 Å². The highest BCUT2D eigenvalue weighted by molar-refractivity contribution is 7.91. The Morgan fingerprint density at radius 1 is 1.36 bits per heavy atom. The SMILES string of the molecule is CN(C)CCNc1ccc(N)c2c1[S+]([O-])c1ccncc1C2. The molecule has 2 aromatic rings. The summed E-state index contributed by atoms with van der Waals surface area (Å²) in [6, 6.07) is 5.64. The largest absolute Gasteiger partial charge is 0.606 e. The van der Waals surface area contributed by atoms with Crippen molar-refractivity contribution < 1.29 is 4.55 Å². The first-order chi connectivity index (χ1) is 10.6. The van der Waals surface area contributed by atoms with Crippen LogP contribution in [0.2, 0.25) is 0 Å². The molecule has 1 aromatic heterocycles. The van der Waals surface area contributed by atoms with E-state index in [0.717, 1.165) is 39.7 Å². The van der Waals surface area contributed by atoms with Crippen molar-refractivity contribution in [2.24, 2.45) is 0 Å². The van der Waals surface area contributed by atoms with Crippen molar-refractivity contribution in [1.82, 2.24) is 9.88 Å². The summed E-state index contributed by atoms with van der Waals surface area (Å²) in [4.78, 5) is 7.89. The van der Waals surface area contributed by atoms with Crippen molar-refractivity contribution in [2.45, 2.75) is 16.2 Å². The summed E-state index contributed by atoms with van der Waals surface area (Å²) in [7, 11) is 4.06. The Balaban J connectivity index is 1.97. The van der Waals surface area contributed by atoms with Gasteiger partial charge in [-0.3, -0.25) is 4.98 Å². The van der Waals surface area contributed by atoms with Crippen molar-refractivity contribution >= 4 is 22.6 Å². The van der Waals surface area contributed by atoms with Gasteiger partial charge in [-0.1, -0.05) is 0 Å². The number of rotatable bonds is 4. The first-order valence-electron chi connectivity index (χ1n) is 7.22. The molecule has 0 spiro atoms. The number of aromatic nitrogens is 1. The van der Waals surface area contributed by atoms with Crippen molar-refractivity contribution in [3.8, 4) is 0 Å². The molecule has 6 heteroatoms. The quantitative estimate of drug-likeness (QED) is 0.663. The Labute approximate surface area is 133 Å². The smallest absolute Gasteiger partial charge is 0.187 e. The lowest BCUT2D eigenvalue weighted by Gasteiger charge is -2.25. The van der Waals surface area contributed by atoms with Crippen LogP contribution in [0.1, 0.15) is 11.1 Å². The summed E-state index contributed by atoms with van der Waals surface area (Å²) in [6.45, 7) is 1.70. The molecule has 1 atom stereocenters. The molecule has 2 heterocycles. The Kier molecular flexibility index (Phi) is 4.24. The van der Waals surface area contributed by atoms with Gasteiger partial charge < -0.3 is 20.5 Å². The van der Waals surface area contributed by atoms with Crippen LogP contribution in [0.3, 0.4) is 0 Å². The van der Waals surface area contributed by atoms with Gasteiger partial charge in [0.25, 0.3) is 0 Å². The van der Waals surface area contributed by atoms with Crippen LogP contribution < -0.4 is 11.1 Å². The third kappa shape index (κ3) is 2.77. The number of hydrogen-bond acceptors (Lipinski definition) is 5. The fraction of sp³-hybridized carbons (Fsp3) is 0.312. The molecule has 1 unspecified atom stereocenters. The van der Waals surface area contributed by atoms with E-state index in [2.05, 4.69) is 15.2 Å². The molecule has 0 amide bonds. The van der Waals surface area contributed by atoms with Crippen LogP contribution in [0.25, 0.3) is 0 Å². The van der Waals surface area contributed by atoms with Crippen LogP contribution in [0.4, 0.5) is 11.4 Å². The lowest BCUT2D eigenvalue weighted by Crippen LogP contribution is -2.23. The minimum atomic E-state index is -1.22. The number of likely N-dealkylation sites (N-methyl/N-ethyl adjacent to an activating group) is 1. The van der Waals surface area contributed by atoms with E-state index < -0.39 is 11.2 Å². The molecule has 5 nitrogen and oxygen atoms in total. The van der Waals surface area contributed by atoms with Gasteiger partial charge in [-0.15, -0.1) is 0 Å². The maximum Gasteiger partial charge on any atom is 0.187 e. The molecule has 0 radical (unpaired) electrons. The van der Waals surface area contributed by atoms with Crippen LogP contribution in [0.5, 0.6) is 0 Å². The molecule has 22 heavy (non-hydrogen) atoms. The zero-order valence-corrected chi connectivity index (χ0v) is 13.6. The summed E-state index contributed by atoms with van der Waals surface area (Å²) in [5.41, 5.74) is 9.66. The molecular formula is C16H20N4OS. The zero-order chi connectivity index (χ0) is 15.7. The van der Waals surface area contributed by atoms with Crippen LogP contribution >= 0.6 is 0 Å². The van der Waals surface area contributed by atoms with Crippen molar-refractivity contribution in [3.05, 3.63) is 41.7 Å². The highest BCUT2D eigenvalue weighted by Gasteiger charge is 2.32. The molecule has 0 saturated heterocycles. The standard InChI is InChI=1S/C16H20N4OS/c1-20(2)8-7-19-14-4-3-13(17)12-9-11-10-18-6-5-15(11)22(21)16(12)14/h3-6,10,19H,7-9,17H2,1-2H3. The maximum atomic E-state index is 13.0. The number of fused-ring (bicyclic) bond motifs is 2. The summed E-state index contributed by atoms with van der Waals surface area (Å²) >= 11 is -1.22. The minimum absolute atomic E-state index is 0.680. The highest BCUT2D eigenvalue weighted by Crippen LogP contribution is 2.40. The van der Waals surface area contributed by atoms with Gasteiger partial charge in [0.15, 0.2) is 9.79 Å².